The van der Waals surface area contributed by atoms with E-state index in [1.54, 1.807) is 31.4 Å². The molecule has 1 heterocycles. The summed E-state index contributed by atoms with van der Waals surface area (Å²) in [5.74, 6) is 1.51. The summed E-state index contributed by atoms with van der Waals surface area (Å²) in [6, 6.07) is 27.6. The van der Waals surface area contributed by atoms with Gasteiger partial charge in [0.2, 0.25) is 0 Å². The molecular formula is C28H23ClO3S. The number of carbonyl (C=O) groups excluding carboxylic acids is 1. The molecule has 4 aromatic rings. The average molecular weight is 475 g/mol. The van der Waals surface area contributed by atoms with E-state index in [-0.39, 0.29) is 5.78 Å². The quantitative estimate of drug-likeness (QED) is 0.186. The van der Waals surface area contributed by atoms with Crippen molar-refractivity contribution >= 4 is 34.8 Å². The third-order valence-electron chi connectivity index (χ3n) is 5.14. The van der Waals surface area contributed by atoms with E-state index in [0.29, 0.717) is 15.8 Å². The Morgan fingerprint density at radius 3 is 2.45 bits per heavy atom. The molecule has 0 atom stereocenters. The lowest BCUT2D eigenvalue weighted by molar-refractivity contribution is 0.105. The number of para-hydroxylation sites is 1. The molecule has 0 saturated carbocycles. The number of methoxy groups -OCH3 is 1. The summed E-state index contributed by atoms with van der Waals surface area (Å²) in [6.07, 6.45) is 4.15. The standard InChI is InChI=1S/C28H23ClO3S/c1-31-25-14-12-21(11-13-24(30)27-15-16-28(29)33-27)18-23(25)19-32-26-10-6-5-9-22(26)17-20-7-3-2-4-8-20/h2-16,18H,17,19H2,1H3/b13-11+. The van der Waals surface area contributed by atoms with Crippen LogP contribution in [0.25, 0.3) is 6.08 Å². The first-order chi connectivity index (χ1) is 16.1. The van der Waals surface area contributed by atoms with Crippen LogP contribution in [-0.4, -0.2) is 12.9 Å². The number of ketones is 1. The fourth-order valence-corrected chi connectivity index (χ4v) is 4.44. The molecule has 0 amide bonds. The molecule has 0 aliphatic rings. The third kappa shape index (κ3) is 6.13. The van der Waals surface area contributed by atoms with Crippen molar-refractivity contribution in [2.75, 3.05) is 7.11 Å². The van der Waals surface area contributed by atoms with Crippen molar-refractivity contribution in [2.24, 2.45) is 0 Å². The molecule has 166 valence electrons. The van der Waals surface area contributed by atoms with Gasteiger partial charge < -0.3 is 9.47 Å². The first-order valence-corrected chi connectivity index (χ1v) is 11.7. The first kappa shape index (κ1) is 22.8. The van der Waals surface area contributed by atoms with Crippen molar-refractivity contribution in [2.45, 2.75) is 13.0 Å². The number of ether oxygens (including phenoxy) is 2. The Morgan fingerprint density at radius 2 is 1.70 bits per heavy atom. The number of rotatable bonds is 9. The van der Waals surface area contributed by atoms with E-state index in [0.717, 1.165) is 34.6 Å². The predicted octanol–water partition coefficient (Wildman–Crippen LogP) is 7.48. The number of carbonyl (C=O) groups is 1. The van der Waals surface area contributed by atoms with Crippen LogP contribution in [0.1, 0.15) is 31.9 Å². The van der Waals surface area contributed by atoms with Crippen LogP contribution in [0.2, 0.25) is 4.34 Å². The molecule has 0 bridgehead atoms. The highest BCUT2D eigenvalue weighted by atomic mass is 35.5. The Bertz CT molecular complexity index is 1260. The van der Waals surface area contributed by atoms with Crippen LogP contribution in [0.15, 0.2) is 91.0 Å². The molecule has 5 heteroatoms. The van der Waals surface area contributed by atoms with Gasteiger partial charge in [-0.15, -0.1) is 11.3 Å². The molecule has 0 fully saturated rings. The normalized spacial score (nSPS) is 11.0. The summed E-state index contributed by atoms with van der Waals surface area (Å²) < 4.78 is 12.3. The van der Waals surface area contributed by atoms with Gasteiger partial charge in [-0.25, -0.2) is 0 Å². The van der Waals surface area contributed by atoms with Gasteiger partial charge in [-0.2, -0.15) is 0 Å². The molecule has 33 heavy (non-hydrogen) atoms. The van der Waals surface area contributed by atoms with E-state index in [9.17, 15) is 4.79 Å². The van der Waals surface area contributed by atoms with E-state index in [1.165, 1.54) is 16.9 Å². The number of thiophene rings is 1. The van der Waals surface area contributed by atoms with Gasteiger partial charge in [0.25, 0.3) is 0 Å². The Labute approximate surface area is 202 Å². The van der Waals surface area contributed by atoms with Crippen LogP contribution in [0, 0.1) is 0 Å². The molecular weight excluding hydrogens is 452 g/mol. The summed E-state index contributed by atoms with van der Waals surface area (Å²) in [6.45, 7) is 0.352. The zero-order valence-electron chi connectivity index (χ0n) is 18.2. The van der Waals surface area contributed by atoms with Crippen molar-refractivity contribution in [3.63, 3.8) is 0 Å². The highest BCUT2D eigenvalue weighted by Gasteiger charge is 2.09. The minimum absolute atomic E-state index is 0.0737. The van der Waals surface area contributed by atoms with Gasteiger partial charge in [0.15, 0.2) is 5.78 Å². The molecule has 0 N–H and O–H groups in total. The largest absolute Gasteiger partial charge is 0.496 e. The average Bonchev–Trinajstić information content (AvgIpc) is 3.29. The molecule has 3 aromatic carbocycles. The van der Waals surface area contributed by atoms with Crippen LogP contribution in [-0.2, 0) is 13.0 Å². The van der Waals surface area contributed by atoms with E-state index in [4.69, 9.17) is 21.1 Å². The number of halogens is 1. The number of hydrogen-bond acceptors (Lipinski definition) is 4. The smallest absolute Gasteiger partial charge is 0.195 e. The van der Waals surface area contributed by atoms with Gasteiger partial charge in [0, 0.05) is 12.0 Å². The summed E-state index contributed by atoms with van der Waals surface area (Å²) in [5.41, 5.74) is 4.15. The minimum Gasteiger partial charge on any atom is -0.496 e. The molecule has 0 radical (unpaired) electrons. The van der Waals surface area contributed by atoms with Gasteiger partial charge in [0.1, 0.15) is 18.1 Å². The summed E-state index contributed by atoms with van der Waals surface area (Å²) in [5, 5.41) is 0. The Hall–Kier alpha value is -3.34. The van der Waals surface area contributed by atoms with Crippen molar-refractivity contribution in [1.29, 1.82) is 0 Å². The van der Waals surface area contributed by atoms with Crippen LogP contribution in [0.5, 0.6) is 11.5 Å². The van der Waals surface area contributed by atoms with Crippen LogP contribution in [0.3, 0.4) is 0 Å². The molecule has 3 nitrogen and oxygen atoms in total. The molecule has 0 saturated heterocycles. The number of allylic oxidation sites excluding steroid dienone is 1. The second-order valence-corrected chi connectivity index (χ2v) is 9.15. The molecule has 0 aliphatic carbocycles. The number of benzene rings is 3. The lowest BCUT2D eigenvalue weighted by Crippen LogP contribution is -2.02. The fraction of sp³-hybridized carbons (Fsp3) is 0.107. The Kier molecular flexibility index (Phi) is 7.61. The second kappa shape index (κ2) is 11.0. The van der Waals surface area contributed by atoms with E-state index < -0.39 is 0 Å². The minimum atomic E-state index is -0.0737. The number of hydrogen-bond donors (Lipinski definition) is 0. The van der Waals surface area contributed by atoms with E-state index in [1.807, 2.05) is 54.6 Å². The highest BCUT2D eigenvalue weighted by molar-refractivity contribution is 7.18. The van der Waals surface area contributed by atoms with Crippen molar-refractivity contribution < 1.29 is 14.3 Å². The van der Waals surface area contributed by atoms with Crippen LogP contribution < -0.4 is 9.47 Å². The van der Waals surface area contributed by atoms with Gasteiger partial charge in [-0.3, -0.25) is 4.79 Å². The topological polar surface area (TPSA) is 35.5 Å². The molecule has 0 unspecified atom stereocenters. The molecule has 0 spiro atoms. The van der Waals surface area contributed by atoms with Crippen molar-refractivity contribution in [1.82, 2.24) is 0 Å². The van der Waals surface area contributed by atoms with Gasteiger partial charge in [0.05, 0.1) is 16.3 Å². The van der Waals surface area contributed by atoms with Crippen molar-refractivity contribution in [3.05, 3.63) is 122 Å². The van der Waals surface area contributed by atoms with Gasteiger partial charge in [-0.1, -0.05) is 72.3 Å². The molecule has 0 aliphatic heterocycles. The highest BCUT2D eigenvalue weighted by Crippen LogP contribution is 2.27. The Morgan fingerprint density at radius 1 is 0.909 bits per heavy atom. The van der Waals surface area contributed by atoms with Crippen LogP contribution >= 0.6 is 22.9 Å². The lowest BCUT2D eigenvalue weighted by atomic mass is 10.0. The maximum Gasteiger partial charge on any atom is 0.195 e. The zero-order valence-corrected chi connectivity index (χ0v) is 19.7. The second-order valence-electron chi connectivity index (χ2n) is 7.43. The first-order valence-electron chi connectivity index (χ1n) is 10.5. The summed E-state index contributed by atoms with van der Waals surface area (Å²) in [4.78, 5) is 13.0. The fourth-order valence-electron chi connectivity index (χ4n) is 3.48. The molecule has 4 rings (SSSR count). The third-order valence-corrected chi connectivity index (χ3v) is 6.39. The monoisotopic (exact) mass is 474 g/mol. The van der Waals surface area contributed by atoms with E-state index in [2.05, 4.69) is 18.2 Å². The van der Waals surface area contributed by atoms with Crippen LogP contribution in [0.4, 0.5) is 0 Å². The lowest BCUT2D eigenvalue weighted by Gasteiger charge is -2.14. The predicted molar refractivity (Wildman–Crippen MR) is 136 cm³/mol. The maximum atomic E-state index is 12.4. The summed E-state index contributed by atoms with van der Waals surface area (Å²) >= 11 is 7.20. The zero-order chi connectivity index (χ0) is 23.0. The Balaban J connectivity index is 1.49. The summed E-state index contributed by atoms with van der Waals surface area (Å²) in [7, 11) is 1.64. The van der Waals surface area contributed by atoms with Gasteiger partial charge >= 0.3 is 0 Å². The van der Waals surface area contributed by atoms with E-state index >= 15 is 0 Å². The molecule has 1 aromatic heterocycles. The van der Waals surface area contributed by atoms with Crippen molar-refractivity contribution in [3.8, 4) is 11.5 Å². The maximum absolute atomic E-state index is 12.4. The SMILES string of the molecule is COc1ccc(/C=C/C(=O)c2ccc(Cl)s2)cc1COc1ccccc1Cc1ccccc1. The van der Waals surface area contributed by atoms with Gasteiger partial charge in [-0.05, 0) is 53.1 Å².